The summed E-state index contributed by atoms with van der Waals surface area (Å²) in [6, 6.07) is 9.62. The number of carbonyl (C=O) groups is 1. The van der Waals surface area contributed by atoms with Crippen molar-refractivity contribution in [1.82, 2.24) is 14.9 Å². The van der Waals surface area contributed by atoms with Crippen LogP contribution in [0.2, 0.25) is 0 Å². The summed E-state index contributed by atoms with van der Waals surface area (Å²) in [6.07, 6.45) is 7.33. The van der Waals surface area contributed by atoms with E-state index < -0.39 is 0 Å². The first-order chi connectivity index (χ1) is 14.8. The maximum atomic E-state index is 12.8. The van der Waals surface area contributed by atoms with E-state index in [1.54, 1.807) is 0 Å². The van der Waals surface area contributed by atoms with Crippen LogP contribution < -0.4 is 4.90 Å². The number of hydrogen-bond acceptors (Lipinski definition) is 5. The van der Waals surface area contributed by atoms with Crippen molar-refractivity contribution in [3.8, 4) is 0 Å². The minimum Gasteiger partial charge on any atom is -0.352 e. The monoisotopic (exact) mass is 418 g/mol. The molecule has 3 heterocycles. The van der Waals surface area contributed by atoms with Crippen molar-refractivity contribution >= 4 is 33.3 Å². The Hall–Kier alpha value is -2.47. The van der Waals surface area contributed by atoms with Crippen molar-refractivity contribution in [2.75, 3.05) is 31.1 Å². The third-order valence-electron chi connectivity index (χ3n) is 6.64. The van der Waals surface area contributed by atoms with Gasteiger partial charge in [0.1, 0.15) is 16.5 Å². The number of benzene rings is 1. The van der Waals surface area contributed by atoms with Crippen LogP contribution in [0.15, 0.2) is 30.3 Å². The first-order valence-corrected chi connectivity index (χ1v) is 12.0. The average molecular weight is 419 g/mol. The van der Waals surface area contributed by atoms with Gasteiger partial charge >= 0.3 is 0 Å². The van der Waals surface area contributed by atoms with Crippen molar-refractivity contribution in [2.45, 2.75) is 44.4 Å². The van der Waals surface area contributed by atoms with Crippen molar-refractivity contribution in [3.05, 3.63) is 52.2 Å². The summed E-state index contributed by atoms with van der Waals surface area (Å²) in [4.78, 5) is 30.1. The molecule has 0 radical (unpaired) electrons. The molecular formula is C24H26N4OS. The molecule has 1 amide bonds. The van der Waals surface area contributed by atoms with E-state index in [4.69, 9.17) is 9.97 Å². The van der Waals surface area contributed by atoms with Crippen molar-refractivity contribution in [1.29, 1.82) is 0 Å². The van der Waals surface area contributed by atoms with Gasteiger partial charge in [-0.2, -0.15) is 0 Å². The summed E-state index contributed by atoms with van der Waals surface area (Å²) < 4.78 is 0. The highest BCUT2D eigenvalue weighted by Crippen LogP contribution is 2.44. The fourth-order valence-corrected chi connectivity index (χ4v) is 6.05. The molecule has 1 aliphatic heterocycles. The highest BCUT2D eigenvalue weighted by molar-refractivity contribution is 7.19. The topological polar surface area (TPSA) is 49.3 Å². The van der Waals surface area contributed by atoms with Gasteiger partial charge in [0.05, 0.1) is 5.39 Å². The lowest BCUT2D eigenvalue weighted by atomic mass is 9.97. The van der Waals surface area contributed by atoms with E-state index >= 15 is 0 Å². The highest BCUT2D eigenvalue weighted by atomic mass is 32.1. The number of piperazine rings is 1. The maximum Gasteiger partial charge on any atom is 0.253 e. The van der Waals surface area contributed by atoms with Gasteiger partial charge in [-0.25, -0.2) is 9.97 Å². The molecule has 1 saturated carbocycles. The fraction of sp³-hybridized carbons (Fsp3) is 0.458. The van der Waals surface area contributed by atoms with Crippen LogP contribution in [0.1, 0.15) is 58.2 Å². The fourth-order valence-electron chi connectivity index (χ4n) is 4.79. The first-order valence-electron chi connectivity index (χ1n) is 11.2. The number of rotatable bonds is 3. The summed E-state index contributed by atoms with van der Waals surface area (Å²) in [5, 5.41) is 1.31. The molecule has 3 aliphatic rings. The molecule has 154 valence electrons. The standard InChI is InChI=1S/C24H26N4OS/c29-24(17-6-2-1-3-7-17)28-14-12-27(13-15-28)22-20-18-8-4-5-9-19(18)30-23(20)26-21(25-22)16-10-11-16/h1-3,6-7,16H,4-5,8-15H2. The van der Waals surface area contributed by atoms with Gasteiger partial charge in [0.25, 0.3) is 5.91 Å². The van der Waals surface area contributed by atoms with Crippen molar-refractivity contribution in [2.24, 2.45) is 0 Å². The van der Waals surface area contributed by atoms with Crippen LogP contribution in [0.25, 0.3) is 10.2 Å². The minimum atomic E-state index is 0.134. The second-order valence-electron chi connectivity index (χ2n) is 8.72. The number of anilines is 1. The zero-order valence-electron chi connectivity index (χ0n) is 17.1. The Labute approximate surface area is 180 Å². The van der Waals surface area contributed by atoms with E-state index in [9.17, 15) is 4.79 Å². The molecule has 2 fully saturated rings. The molecule has 6 rings (SSSR count). The normalized spacial score (nSPS) is 19.2. The van der Waals surface area contributed by atoms with E-state index in [1.807, 2.05) is 46.6 Å². The quantitative estimate of drug-likeness (QED) is 0.632. The average Bonchev–Trinajstić information content (AvgIpc) is 3.59. The van der Waals surface area contributed by atoms with Gasteiger partial charge in [-0.1, -0.05) is 18.2 Å². The van der Waals surface area contributed by atoms with Gasteiger partial charge < -0.3 is 9.80 Å². The molecule has 0 bridgehead atoms. The summed E-state index contributed by atoms with van der Waals surface area (Å²) >= 11 is 1.90. The van der Waals surface area contributed by atoms with Crippen LogP contribution in [-0.2, 0) is 12.8 Å². The van der Waals surface area contributed by atoms with Gasteiger partial charge in [0.2, 0.25) is 0 Å². The Morgan fingerprint density at radius 3 is 2.50 bits per heavy atom. The third-order valence-corrected chi connectivity index (χ3v) is 7.83. The molecule has 0 unspecified atom stereocenters. The molecule has 6 heteroatoms. The van der Waals surface area contributed by atoms with Crippen LogP contribution in [-0.4, -0.2) is 47.0 Å². The number of nitrogens with zero attached hydrogens (tertiary/aromatic N) is 4. The van der Waals surface area contributed by atoms with Crippen LogP contribution in [0.4, 0.5) is 5.82 Å². The molecule has 1 aromatic carbocycles. The Balaban J connectivity index is 1.31. The van der Waals surface area contributed by atoms with Gasteiger partial charge in [-0.05, 0) is 56.2 Å². The summed E-state index contributed by atoms with van der Waals surface area (Å²) in [7, 11) is 0. The van der Waals surface area contributed by atoms with E-state index in [0.717, 1.165) is 49.8 Å². The maximum absolute atomic E-state index is 12.8. The highest BCUT2D eigenvalue weighted by Gasteiger charge is 2.32. The zero-order valence-corrected chi connectivity index (χ0v) is 18.0. The van der Waals surface area contributed by atoms with Gasteiger partial charge in [-0.15, -0.1) is 11.3 Å². The lowest BCUT2D eigenvalue weighted by Gasteiger charge is -2.36. The predicted molar refractivity (Wildman–Crippen MR) is 121 cm³/mol. The molecular weight excluding hydrogens is 392 g/mol. The largest absolute Gasteiger partial charge is 0.352 e. The molecule has 5 nitrogen and oxygen atoms in total. The minimum absolute atomic E-state index is 0.134. The number of fused-ring (bicyclic) bond motifs is 3. The molecule has 0 N–H and O–H groups in total. The lowest BCUT2D eigenvalue weighted by molar-refractivity contribution is 0.0746. The number of carbonyl (C=O) groups excluding carboxylic acids is 1. The van der Waals surface area contributed by atoms with Gasteiger partial charge in [-0.3, -0.25) is 4.79 Å². The van der Waals surface area contributed by atoms with E-state index in [1.165, 1.54) is 52.8 Å². The van der Waals surface area contributed by atoms with Crippen molar-refractivity contribution in [3.63, 3.8) is 0 Å². The second-order valence-corrected chi connectivity index (χ2v) is 9.80. The van der Waals surface area contributed by atoms with Gasteiger partial charge in [0, 0.05) is 42.5 Å². The third kappa shape index (κ3) is 3.18. The molecule has 2 aromatic heterocycles. The lowest BCUT2D eigenvalue weighted by Crippen LogP contribution is -2.49. The summed E-state index contributed by atoms with van der Waals surface area (Å²) in [5.41, 5.74) is 2.28. The summed E-state index contributed by atoms with van der Waals surface area (Å²) in [6.45, 7) is 3.15. The van der Waals surface area contributed by atoms with Crippen LogP contribution in [0, 0.1) is 0 Å². The van der Waals surface area contributed by atoms with E-state index in [2.05, 4.69) is 4.90 Å². The Morgan fingerprint density at radius 2 is 1.73 bits per heavy atom. The predicted octanol–water partition coefficient (Wildman–Crippen LogP) is 4.41. The number of thiophene rings is 1. The van der Waals surface area contributed by atoms with Crippen LogP contribution >= 0.6 is 11.3 Å². The molecule has 30 heavy (non-hydrogen) atoms. The Morgan fingerprint density at radius 1 is 0.967 bits per heavy atom. The Kier molecular flexibility index (Phi) is 4.48. The molecule has 2 aliphatic carbocycles. The number of aryl methyl sites for hydroxylation is 2. The molecule has 3 aromatic rings. The molecule has 0 atom stereocenters. The van der Waals surface area contributed by atoms with Crippen LogP contribution in [0.5, 0.6) is 0 Å². The second kappa shape index (κ2) is 7.34. The van der Waals surface area contributed by atoms with Crippen molar-refractivity contribution < 1.29 is 4.79 Å². The molecule has 0 spiro atoms. The van der Waals surface area contributed by atoms with E-state index in [0.29, 0.717) is 5.92 Å². The summed E-state index contributed by atoms with van der Waals surface area (Å²) in [5.74, 6) is 2.86. The van der Waals surface area contributed by atoms with E-state index in [-0.39, 0.29) is 5.91 Å². The SMILES string of the molecule is O=C(c1ccccc1)N1CCN(c2nc(C3CC3)nc3sc4c(c23)CCCC4)CC1. The number of aromatic nitrogens is 2. The smallest absolute Gasteiger partial charge is 0.253 e. The first kappa shape index (κ1) is 18.3. The van der Waals surface area contributed by atoms with Gasteiger partial charge in [0.15, 0.2) is 0 Å². The number of amides is 1. The Bertz CT molecular complexity index is 1100. The number of hydrogen-bond donors (Lipinski definition) is 0. The zero-order chi connectivity index (χ0) is 20.1. The molecule has 1 saturated heterocycles. The van der Waals surface area contributed by atoms with Crippen LogP contribution in [0.3, 0.4) is 0 Å².